The zero-order valence-corrected chi connectivity index (χ0v) is 16.2. The quantitative estimate of drug-likeness (QED) is 0.595. The van der Waals surface area contributed by atoms with E-state index in [1.54, 1.807) is 25.3 Å². The van der Waals surface area contributed by atoms with Crippen molar-refractivity contribution >= 4 is 5.97 Å². The molecule has 4 saturated carbocycles. The van der Waals surface area contributed by atoms with E-state index in [-0.39, 0.29) is 17.1 Å². The molecule has 4 aliphatic rings. The van der Waals surface area contributed by atoms with Gasteiger partial charge >= 0.3 is 5.97 Å². The van der Waals surface area contributed by atoms with Crippen LogP contribution in [0.1, 0.15) is 54.4 Å². The molecule has 2 aromatic carbocycles. The Morgan fingerprint density at radius 2 is 1.57 bits per heavy atom. The monoisotopic (exact) mass is 378 g/mol. The van der Waals surface area contributed by atoms with E-state index in [0.29, 0.717) is 11.3 Å². The SMILES string of the molecule is COc1ccc(C(=O)Oc2ccc(O)cc2)cc1C12CC3CC(CC(C3)C1)C2. The molecule has 0 unspecified atom stereocenters. The van der Waals surface area contributed by atoms with Crippen LogP contribution in [0.15, 0.2) is 42.5 Å². The molecule has 0 atom stereocenters. The summed E-state index contributed by atoms with van der Waals surface area (Å²) in [6.07, 6.45) is 7.78. The van der Waals surface area contributed by atoms with Gasteiger partial charge in [0.2, 0.25) is 0 Å². The van der Waals surface area contributed by atoms with Gasteiger partial charge in [-0.05, 0) is 104 Å². The molecule has 6 rings (SSSR count). The molecule has 0 saturated heterocycles. The van der Waals surface area contributed by atoms with Gasteiger partial charge in [0.1, 0.15) is 17.2 Å². The summed E-state index contributed by atoms with van der Waals surface area (Å²) >= 11 is 0. The van der Waals surface area contributed by atoms with Gasteiger partial charge < -0.3 is 14.6 Å². The van der Waals surface area contributed by atoms with Gasteiger partial charge in [-0.3, -0.25) is 0 Å². The van der Waals surface area contributed by atoms with Gasteiger partial charge in [-0.15, -0.1) is 0 Å². The largest absolute Gasteiger partial charge is 0.508 e. The summed E-state index contributed by atoms with van der Waals surface area (Å²) in [7, 11) is 1.72. The average molecular weight is 378 g/mol. The summed E-state index contributed by atoms with van der Waals surface area (Å²) in [5.41, 5.74) is 1.89. The van der Waals surface area contributed by atoms with Crippen LogP contribution in [0.5, 0.6) is 17.2 Å². The first-order chi connectivity index (χ1) is 13.5. The lowest BCUT2D eigenvalue weighted by atomic mass is 9.48. The maximum absolute atomic E-state index is 12.8. The second-order valence-corrected chi connectivity index (χ2v) is 9.00. The maximum Gasteiger partial charge on any atom is 0.343 e. The van der Waals surface area contributed by atoms with Crippen LogP contribution in [0.4, 0.5) is 0 Å². The molecule has 28 heavy (non-hydrogen) atoms. The highest BCUT2D eigenvalue weighted by molar-refractivity contribution is 5.91. The minimum Gasteiger partial charge on any atom is -0.508 e. The lowest BCUT2D eigenvalue weighted by Gasteiger charge is -2.57. The number of carbonyl (C=O) groups is 1. The molecule has 1 N–H and O–H groups in total. The van der Waals surface area contributed by atoms with Gasteiger partial charge in [0.15, 0.2) is 0 Å². The van der Waals surface area contributed by atoms with E-state index in [0.717, 1.165) is 23.5 Å². The van der Waals surface area contributed by atoms with Crippen LogP contribution in [-0.4, -0.2) is 18.2 Å². The predicted molar refractivity (Wildman–Crippen MR) is 106 cm³/mol. The number of benzene rings is 2. The molecule has 146 valence electrons. The fraction of sp³-hybridized carbons (Fsp3) is 0.458. The van der Waals surface area contributed by atoms with Gasteiger partial charge in [0.05, 0.1) is 12.7 Å². The number of phenolic OH excluding ortho intramolecular Hbond substituents is 1. The molecule has 4 nitrogen and oxygen atoms in total. The van der Waals surface area contributed by atoms with Crippen LogP contribution in [0.3, 0.4) is 0 Å². The Kier molecular flexibility index (Phi) is 4.11. The van der Waals surface area contributed by atoms with Crippen molar-refractivity contribution in [2.24, 2.45) is 17.8 Å². The number of carbonyl (C=O) groups excluding carboxylic acids is 1. The summed E-state index contributed by atoms with van der Waals surface area (Å²) in [6.45, 7) is 0. The summed E-state index contributed by atoms with van der Waals surface area (Å²) < 4.78 is 11.2. The first kappa shape index (κ1) is 17.6. The Hall–Kier alpha value is -2.49. The number of phenols is 1. The second-order valence-electron chi connectivity index (χ2n) is 9.00. The summed E-state index contributed by atoms with van der Waals surface area (Å²) in [5.74, 6) is 3.56. The Balaban J connectivity index is 1.47. The molecule has 0 aliphatic heterocycles. The number of aromatic hydroxyl groups is 1. The van der Waals surface area contributed by atoms with E-state index >= 15 is 0 Å². The molecule has 4 aliphatic carbocycles. The summed E-state index contributed by atoms with van der Waals surface area (Å²) in [6, 6.07) is 11.9. The van der Waals surface area contributed by atoms with Crippen molar-refractivity contribution in [2.45, 2.75) is 43.9 Å². The second kappa shape index (κ2) is 6.54. The molecule has 0 amide bonds. The number of hydrogen-bond donors (Lipinski definition) is 1. The number of ether oxygens (including phenoxy) is 2. The third-order valence-electron chi connectivity index (χ3n) is 7.09. The lowest BCUT2D eigenvalue weighted by Crippen LogP contribution is -2.48. The van der Waals surface area contributed by atoms with Crippen molar-refractivity contribution in [1.29, 1.82) is 0 Å². The normalized spacial score (nSPS) is 30.2. The average Bonchev–Trinajstić information content (AvgIpc) is 2.68. The molecule has 4 bridgehead atoms. The zero-order valence-electron chi connectivity index (χ0n) is 16.2. The van der Waals surface area contributed by atoms with Crippen LogP contribution >= 0.6 is 0 Å². The molecule has 0 radical (unpaired) electrons. The van der Waals surface area contributed by atoms with Crippen LogP contribution in [-0.2, 0) is 5.41 Å². The Morgan fingerprint density at radius 1 is 0.964 bits per heavy atom. The Morgan fingerprint density at radius 3 is 2.14 bits per heavy atom. The predicted octanol–water partition coefficient (Wildman–Crippen LogP) is 5.09. The van der Waals surface area contributed by atoms with Crippen LogP contribution in [0, 0.1) is 17.8 Å². The van der Waals surface area contributed by atoms with Gasteiger partial charge in [-0.1, -0.05) is 0 Å². The third kappa shape index (κ3) is 2.95. The van der Waals surface area contributed by atoms with Crippen molar-refractivity contribution < 1.29 is 19.4 Å². The molecule has 0 spiro atoms. The maximum atomic E-state index is 12.8. The van der Waals surface area contributed by atoms with Gasteiger partial charge in [0, 0.05) is 5.56 Å². The highest BCUT2D eigenvalue weighted by Crippen LogP contribution is 2.61. The van der Waals surface area contributed by atoms with Crippen LogP contribution in [0.25, 0.3) is 0 Å². The molecule has 0 heterocycles. The number of hydrogen-bond acceptors (Lipinski definition) is 4. The van der Waals surface area contributed by atoms with E-state index in [2.05, 4.69) is 0 Å². The van der Waals surface area contributed by atoms with Gasteiger partial charge in [-0.25, -0.2) is 4.79 Å². The fourth-order valence-electron chi connectivity index (χ4n) is 6.37. The van der Waals surface area contributed by atoms with Crippen molar-refractivity contribution in [1.82, 2.24) is 0 Å². The smallest absolute Gasteiger partial charge is 0.343 e. The van der Waals surface area contributed by atoms with Crippen molar-refractivity contribution in [3.63, 3.8) is 0 Å². The highest BCUT2D eigenvalue weighted by atomic mass is 16.5. The minimum atomic E-state index is -0.376. The standard InChI is InChI=1S/C24H26O4/c1-27-22-7-2-18(23(26)28-20-5-3-19(25)4-6-20)11-21(22)24-12-15-8-16(13-24)10-17(9-15)14-24/h2-7,11,15-17,25H,8-10,12-14H2,1H3. The molecule has 0 aromatic heterocycles. The number of esters is 1. The molecule has 4 fully saturated rings. The minimum absolute atomic E-state index is 0.147. The summed E-state index contributed by atoms with van der Waals surface area (Å²) in [4.78, 5) is 12.8. The highest BCUT2D eigenvalue weighted by Gasteiger charge is 2.52. The molecular formula is C24H26O4. The van der Waals surface area contributed by atoms with Crippen molar-refractivity contribution in [3.05, 3.63) is 53.6 Å². The molecule has 2 aromatic rings. The Bertz CT molecular complexity index is 864. The van der Waals surface area contributed by atoms with Crippen LogP contribution < -0.4 is 9.47 Å². The van der Waals surface area contributed by atoms with Gasteiger partial charge in [-0.2, -0.15) is 0 Å². The first-order valence-electron chi connectivity index (χ1n) is 10.2. The van der Waals surface area contributed by atoms with E-state index < -0.39 is 0 Å². The van der Waals surface area contributed by atoms with E-state index in [1.807, 2.05) is 12.1 Å². The number of rotatable bonds is 4. The molecular weight excluding hydrogens is 352 g/mol. The summed E-state index contributed by atoms with van der Waals surface area (Å²) in [5, 5.41) is 9.40. The first-order valence-corrected chi connectivity index (χ1v) is 10.2. The fourth-order valence-corrected chi connectivity index (χ4v) is 6.37. The van der Waals surface area contributed by atoms with E-state index in [1.165, 1.54) is 56.2 Å². The third-order valence-corrected chi connectivity index (χ3v) is 7.09. The zero-order chi connectivity index (χ0) is 19.3. The van der Waals surface area contributed by atoms with Crippen molar-refractivity contribution in [2.75, 3.05) is 7.11 Å². The van der Waals surface area contributed by atoms with Gasteiger partial charge in [0.25, 0.3) is 0 Å². The number of methoxy groups -OCH3 is 1. The molecule has 4 heteroatoms. The lowest BCUT2D eigenvalue weighted by molar-refractivity contribution is -0.00618. The topological polar surface area (TPSA) is 55.8 Å². The van der Waals surface area contributed by atoms with Crippen LogP contribution in [0.2, 0.25) is 0 Å². The van der Waals surface area contributed by atoms with E-state index in [4.69, 9.17) is 9.47 Å². The van der Waals surface area contributed by atoms with E-state index in [9.17, 15) is 9.90 Å². The Labute approximate surface area is 165 Å². The van der Waals surface area contributed by atoms with Crippen molar-refractivity contribution in [3.8, 4) is 17.2 Å².